The summed E-state index contributed by atoms with van der Waals surface area (Å²) in [6.45, 7) is 0.822. The van der Waals surface area contributed by atoms with Gasteiger partial charge in [-0.25, -0.2) is 13.4 Å². The molecule has 3 N–H and O–H groups in total. The van der Waals surface area contributed by atoms with Crippen LogP contribution < -0.4 is 5.73 Å². The number of fused-ring (bicyclic) bond motifs is 1. The van der Waals surface area contributed by atoms with E-state index in [4.69, 9.17) is 17.3 Å². The molecule has 3 heterocycles. The fraction of sp³-hybridized carbons (Fsp3) is 0.417. The molecule has 6 nitrogen and oxygen atoms in total. The lowest BCUT2D eigenvalue weighted by atomic mass is 10.2. The molecule has 3 rings (SSSR count). The average Bonchev–Trinajstić information content (AvgIpc) is 3.06. The van der Waals surface area contributed by atoms with Crippen LogP contribution >= 0.6 is 11.6 Å². The Bertz CT molecular complexity index is 743. The molecule has 0 amide bonds. The number of nitrogens with zero attached hydrogens (tertiary/aromatic N) is 2. The van der Waals surface area contributed by atoms with Crippen LogP contribution in [-0.2, 0) is 10.0 Å². The molecule has 2 aromatic heterocycles. The predicted molar refractivity (Wildman–Crippen MR) is 77.1 cm³/mol. The van der Waals surface area contributed by atoms with E-state index in [2.05, 4.69) is 9.97 Å². The van der Waals surface area contributed by atoms with Crippen LogP contribution in [-0.4, -0.2) is 41.8 Å². The zero-order chi connectivity index (χ0) is 14.3. The first-order valence-corrected chi connectivity index (χ1v) is 8.21. The standard InChI is InChI=1S/C12H15ClN4O2S/c13-9-3-4-15-12-11(9)10(7-16-12)20(18,19)17-5-1-2-8(17)6-14/h3-4,7-8H,1-2,5-6,14H2,(H,15,16). The maximum absolute atomic E-state index is 12.8. The highest BCUT2D eigenvalue weighted by molar-refractivity contribution is 7.89. The van der Waals surface area contributed by atoms with Crippen molar-refractivity contribution in [3.63, 3.8) is 0 Å². The summed E-state index contributed by atoms with van der Waals surface area (Å²) in [5.41, 5.74) is 6.14. The Labute approximate surface area is 122 Å². The van der Waals surface area contributed by atoms with Gasteiger partial charge in [0, 0.05) is 31.5 Å². The van der Waals surface area contributed by atoms with Crippen LogP contribution in [0, 0.1) is 0 Å². The Kier molecular flexibility index (Phi) is 3.45. The number of aromatic nitrogens is 2. The van der Waals surface area contributed by atoms with Gasteiger partial charge < -0.3 is 10.7 Å². The molecule has 1 aliphatic rings. The van der Waals surface area contributed by atoms with E-state index in [1.165, 1.54) is 16.7 Å². The van der Waals surface area contributed by atoms with Crippen LogP contribution in [0.2, 0.25) is 5.02 Å². The van der Waals surface area contributed by atoms with E-state index in [9.17, 15) is 8.42 Å². The normalized spacial score (nSPS) is 20.8. The summed E-state index contributed by atoms with van der Waals surface area (Å²) >= 11 is 6.12. The van der Waals surface area contributed by atoms with Crippen LogP contribution in [0.5, 0.6) is 0 Å². The van der Waals surface area contributed by atoms with E-state index in [-0.39, 0.29) is 10.9 Å². The Hall–Kier alpha value is -1.15. The molecule has 0 aliphatic carbocycles. The number of H-pyrrole nitrogens is 1. The zero-order valence-corrected chi connectivity index (χ0v) is 12.3. The average molecular weight is 315 g/mol. The Morgan fingerprint density at radius 3 is 3.10 bits per heavy atom. The zero-order valence-electron chi connectivity index (χ0n) is 10.7. The minimum Gasteiger partial charge on any atom is -0.345 e. The molecule has 0 spiro atoms. The summed E-state index contributed by atoms with van der Waals surface area (Å²) in [5.74, 6) is 0. The quantitative estimate of drug-likeness (QED) is 0.894. The highest BCUT2D eigenvalue weighted by Crippen LogP contribution is 2.33. The summed E-state index contributed by atoms with van der Waals surface area (Å²) in [5, 5.41) is 0.815. The van der Waals surface area contributed by atoms with Gasteiger partial charge in [-0.15, -0.1) is 0 Å². The molecule has 1 aliphatic heterocycles. The number of hydrogen-bond acceptors (Lipinski definition) is 4. The van der Waals surface area contributed by atoms with Gasteiger partial charge in [0.15, 0.2) is 0 Å². The lowest BCUT2D eigenvalue weighted by molar-refractivity contribution is 0.393. The van der Waals surface area contributed by atoms with Gasteiger partial charge in [-0.1, -0.05) is 11.6 Å². The minimum absolute atomic E-state index is 0.139. The van der Waals surface area contributed by atoms with Crippen LogP contribution in [0.3, 0.4) is 0 Å². The maximum atomic E-state index is 12.8. The fourth-order valence-electron chi connectivity index (χ4n) is 2.68. The third-order valence-corrected chi connectivity index (χ3v) is 5.96. The molecule has 0 bridgehead atoms. The lowest BCUT2D eigenvalue weighted by Crippen LogP contribution is -2.39. The van der Waals surface area contributed by atoms with Crippen molar-refractivity contribution in [2.24, 2.45) is 5.73 Å². The number of pyridine rings is 1. The van der Waals surface area contributed by atoms with E-state index in [1.807, 2.05) is 0 Å². The second kappa shape index (κ2) is 5.00. The third-order valence-electron chi connectivity index (χ3n) is 3.67. The SMILES string of the molecule is NCC1CCCN1S(=O)(=O)c1c[nH]c2nccc(Cl)c12. The highest BCUT2D eigenvalue weighted by atomic mass is 35.5. The molecule has 1 fully saturated rings. The summed E-state index contributed by atoms with van der Waals surface area (Å²) in [7, 11) is -3.61. The molecule has 1 saturated heterocycles. The van der Waals surface area contributed by atoms with Gasteiger partial charge in [0.05, 0.1) is 10.4 Å². The first kappa shape index (κ1) is 13.8. The Morgan fingerprint density at radius 2 is 2.35 bits per heavy atom. The molecular formula is C12H15ClN4O2S. The van der Waals surface area contributed by atoms with Crippen LogP contribution in [0.15, 0.2) is 23.4 Å². The molecule has 2 aromatic rings. The number of nitrogens with one attached hydrogen (secondary N) is 1. The summed E-state index contributed by atoms with van der Waals surface area (Å²) in [6.07, 6.45) is 4.61. The number of aromatic amines is 1. The van der Waals surface area contributed by atoms with E-state index < -0.39 is 10.0 Å². The van der Waals surface area contributed by atoms with Crippen molar-refractivity contribution in [3.05, 3.63) is 23.5 Å². The smallest absolute Gasteiger partial charge is 0.245 e. The molecule has 1 atom stereocenters. The van der Waals surface area contributed by atoms with Crippen LogP contribution in [0.1, 0.15) is 12.8 Å². The van der Waals surface area contributed by atoms with Gasteiger partial charge in [-0.05, 0) is 18.9 Å². The summed E-state index contributed by atoms with van der Waals surface area (Å²) in [6, 6.07) is 1.45. The molecule has 108 valence electrons. The van der Waals surface area contributed by atoms with Crippen molar-refractivity contribution in [3.8, 4) is 0 Å². The van der Waals surface area contributed by atoms with Gasteiger partial charge in [-0.2, -0.15) is 4.31 Å². The summed E-state index contributed by atoms with van der Waals surface area (Å²) in [4.78, 5) is 7.13. The van der Waals surface area contributed by atoms with Gasteiger partial charge in [0.25, 0.3) is 0 Å². The van der Waals surface area contributed by atoms with E-state index in [0.717, 1.165) is 12.8 Å². The number of rotatable bonds is 3. The first-order chi connectivity index (χ1) is 9.55. The van der Waals surface area contributed by atoms with Gasteiger partial charge in [0.1, 0.15) is 10.5 Å². The molecular weight excluding hydrogens is 300 g/mol. The largest absolute Gasteiger partial charge is 0.345 e. The molecule has 8 heteroatoms. The number of sulfonamides is 1. The Morgan fingerprint density at radius 1 is 1.55 bits per heavy atom. The van der Waals surface area contributed by atoms with Crippen molar-refractivity contribution in [2.75, 3.05) is 13.1 Å². The Balaban J connectivity index is 2.15. The van der Waals surface area contributed by atoms with E-state index in [0.29, 0.717) is 29.1 Å². The molecule has 0 radical (unpaired) electrons. The monoisotopic (exact) mass is 314 g/mol. The predicted octanol–water partition coefficient (Wildman–Crippen LogP) is 1.33. The topological polar surface area (TPSA) is 92.1 Å². The molecule has 20 heavy (non-hydrogen) atoms. The molecule has 1 unspecified atom stereocenters. The molecule has 0 aromatic carbocycles. The van der Waals surface area contributed by atoms with Crippen LogP contribution in [0.25, 0.3) is 11.0 Å². The van der Waals surface area contributed by atoms with Crippen molar-refractivity contribution < 1.29 is 8.42 Å². The van der Waals surface area contributed by atoms with Gasteiger partial charge >= 0.3 is 0 Å². The highest BCUT2D eigenvalue weighted by Gasteiger charge is 2.36. The number of hydrogen-bond donors (Lipinski definition) is 2. The third kappa shape index (κ3) is 2.01. The van der Waals surface area contributed by atoms with E-state index in [1.54, 1.807) is 6.07 Å². The van der Waals surface area contributed by atoms with Crippen molar-refractivity contribution in [1.29, 1.82) is 0 Å². The minimum atomic E-state index is -3.61. The van der Waals surface area contributed by atoms with Crippen molar-refractivity contribution in [2.45, 2.75) is 23.8 Å². The van der Waals surface area contributed by atoms with E-state index >= 15 is 0 Å². The van der Waals surface area contributed by atoms with Crippen molar-refractivity contribution in [1.82, 2.24) is 14.3 Å². The number of halogens is 1. The van der Waals surface area contributed by atoms with Gasteiger partial charge in [-0.3, -0.25) is 0 Å². The second-order valence-corrected chi connectivity index (χ2v) is 7.08. The summed E-state index contributed by atoms with van der Waals surface area (Å²) < 4.78 is 27.1. The van der Waals surface area contributed by atoms with Crippen molar-refractivity contribution >= 4 is 32.7 Å². The lowest BCUT2D eigenvalue weighted by Gasteiger charge is -2.22. The molecule has 0 saturated carbocycles. The second-order valence-electron chi connectivity index (χ2n) is 4.82. The first-order valence-electron chi connectivity index (χ1n) is 6.39. The maximum Gasteiger partial charge on any atom is 0.245 e. The van der Waals surface area contributed by atoms with Gasteiger partial charge in [0.2, 0.25) is 10.0 Å². The fourth-order valence-corrected chi connectivity index (χ4v) is 4.86. The number of nitrogens with two attached hydrogens (primary N) is 1. The van der Waals surface area contributed by atoms with Crippen LogP contribution in [0.4, 0.5) is 0 Å².